The second kappa shape index (κ2) is 12.1. The van der Waals surface area contributed by atoms with E-state index in [1.54, 1.807) is 11.1 Å². The number of para-hydroxylation sites is 2. The Labute approximate surface area is 375 Å². The van der Waals surface area contributed by atoms with Crippen molar-refractivity contribution in [1.29, 1.82) is 0 Å². The molecule has 13 rings (SSSR count). The molecule has 6 aliphatic rings. The van der Waals surface area contributed by atoms with E-state index in [0.29, 0.717) is 0 Å². The molecule has 2 aliphatic carbocycles. The summed E-state index contributed by atoms with van der Waals surface area (Å²) in [6.07, 6.45) is 9.72. The molecule has 2 fully saturated rings. The Morgan fingerprint density at radius 2 is 1.19 bits per heavy atom. The van der Waals surface area contributed by atoms with Gasteiger partial charge in [-0.05, 0) is 119 Å². The first-order valence-electron chi connectivity index (χ1n) is 24.3. The van der Waals surface area contributed by atoms with E-state index in [-0.39, 0.29) is 39.5 Å². The number of aromatic nitrogens is 1. The second-order valence-electron chi connectivity index (χ2n) is 23.4. The van der Waals surface area contributed by atoms with Crippen molar-refractivity contribution < 1.29 is 0 Å². The van der Waals surface area contributed by atoms with Crippen molar-refractivity contribution in [2.24, 2.45) is 0 Å². The van der Waals surface area contributed by atoms with E-state index in [9.17, 15) is 0 Å². The maximum atomic E-state index is 2.97. The smallest absolute Gasteiger partial charge is 0.252 e. The van der Waals surface area contributed by atoms with Crippen molar-refractivity contribution in [3.63, 3.8) is 0 Å². The van der Waals surface area contributed by atoms with Gasteiger partial charge in [0, 0.05) is 55.6 Å². The largest absolute Gasteiger partial charge is 0.335 e. The van der Waals surface area contributed by atoms with E-state index >= 15 is 0 Å². The standard InChI is InChI=1S/C59H62BN3/c1-54(2,3)38-26-27-48-43(32-38)56(7)28-15-16-29-57(56,8)62(48)40-35-49-51-50(36-40)63-53-44(59(37-20-11-10-12-21-37)31-18-17-30-58(59,63)9)33-39(55(4,5)6)34-46(53)60(51)45-24-19-23-42-41-22-13-14-25-47(41)61(49)52(42)45/h10-14,19-27,32-36H,15-18,28-31H2,1-9H3. The molecule has 5 heterocycles. The zero-order valence-corrected chi connectivity index (χ0v) is 39.0. The van der Waals surface area contributed by atoms with Crippen LogP contribution in [0, 0.1) is 0 Å². The maximum absolute atomic E-state index is 2.97. The van der Waals surface area contributed by atoms with Crippen LogP contribution in [0.3, 0.4) is 0 Å². The minimum absolute atomic E-state index is 0.0114. The third-order valence-electron chi connectivity index (χ3n) is 18.3. The van der Waals surface area contributed by atoms with Gasteiger partial charge < -0.3 is 14.4 Å². The number of benzene rings is 6. The molecule has 316 valence electrons. The number of nitrogens with zero attached hydrogens (tertiary/aromatic N) is 3. The summed E-state index contributed by atoms with van der Waals surface area (Å²) in [6.45, 7) is 22.4. The molecule has 3 nitrogen and oxygen atoms in total. The fraction of sp³-hybridized carbons (Fsp3) is 0.390. The quantitative estimate of drug-likeness (QED) is 0.161. The lowest BCUT2D eigenvalue weighted by Gasteiger charge is -2.54. The molecule has 1 aromatic heterocycles. The number of hydrogen-bond acceptors (Lipinski definition) is 2. The van der Waals surface area contributed by atoms with Crippen LogP contribution in [0.2, 0.25) is 0 Å². The van der Waals surface area contributed by atoms with Crippen LogP contribution < -0.4 is 26.2 Å². The van der Waals surface area contributed by atoms with Crippen LogP contribution in [0.5, 0.6) is 0 Å². The minimum atomic E-state index is -0.170. The molecule has 0 saturated heterocycles. The Balaban J connectivity index is 1.19. The number of anilines is 4. The molecule has 0 radical (unpaired) electrons. The highest BCUT2D eigenvalue weighted by Gasteiger charge is 2.65. The van der Waals surface area contributed by atoms with Crippen LogP contribution in [0.1, 0.15) is 141 Å². The molecule has 4 unspecified atom stereocenters. The molecule has 0 bridgehead atoms. The van der Waals surface area contributed by atoms with E-state index in [4.69, 9.17) is 0 Å². The van der Waals surface area contributed by atoms with E-state index in [2.05, 4.69) is 192 Å². The monoisotopic (exact) mass is 824 g/mol. The Morgan fingerprint density at radius 1 is 0.524 bits per heavy atom. The van der Waals surface area contributed by atoms with E-state index in [0.717, 1.165) is 12.8 Å². The second-order valence-corrected chi connectivity index (χ2v) is 23.4. The maximum Gasteiger partial charge on any atom is 0.252 e. The lowest BCUT2D eigenvalue weighted by molar-refractivity contribution is 0.194. The van der Waals surface area contributed by atoms with Gasteiger partial charge in [-0.2, -0.15) is 0 Å². The Kier molecular flexibility index (Phi) is 7.36. The number of fused-ring (bicyclic) bond motifs is 13. The summed E-state index contributed by atoms with van der Waals surface area (Å²) in [5.74, 6) is 0. The lowest BCUT2D eigenvalue weighted by Crippen LogP contribution is -2.64. The van der Waals surface area contributed by atoms with Crippen molar-refractivity contribution >= 4 is 67.7 Å². The van der Waals surface area contributed by atoms with Gasteiger partial charge in [0.25, 0.3) is 6.71 Å². The van der Waals surface area contributed by atoms with Crippen LogP contribution in [0.15, 0.2) is 115 Å². The van der Waals surface area contributed by atoms with Gasteiger partial charge in [0.2, 0.25) is 0 Å². The summed E-state index contributed by atoms with van der Waals surface area (Å²) in [6, 6.07) is 46.4. The van der Waals surface area contributed by atoms with Gasteiger partial charge in [-0.1, -0.05) is 165 Å². The molecule has 7 aromatic rings. The third-order valence-corrected chi connectivity index (χ3v) is 18.3. The molecule has 0 N–H and O–H groups in total. The molecule has 2 saturated carbocycles. The SMILES string of the molecule is CC(C)(C)c1ccc2c(c1)C1(C)CCCCC1(C)N2c1cc2c3c(c1)-n1c4ccccc4c4cccc(c41)B3c1cc(C(C)(C)C)cc3c1N2C1(C)CCCCC31c1ccccc1. The van der Waals surface area contributed by atoms with Gasteiger partial charge >= 0.3 is 0 Å². The summed E-state index contributed by atoms with van der Waals surface area (Å²) in [7, 11) is 0. The van der Waals surface area contributed by atoms with Gasteiger partial charge in [0.15, 0.2) is 0 Å². The molecule has 6 aromatic carbocycles. The highest BCUT2D eigenvalue weighted by atomic mass is 15.3. The van der Waals surface area contributed by atoms with Crippen molar-refractivity contribution in [2.75, 3.05) is 9.80 Å². The first kappa shape index (κ1) is 38.3. The zero-order valence-electron chi connectivity index (χ0n) is 39.0. The molecule has 4 heteroatoms. The summed E-state index contributed by atoms with van der Waals surface area (Å²) in [4.78, 5) is 5.83. The average molecular weight is 824 g/mol. The van der Waals surface area contributed by atoms with Gasteiger partial charge in [-0.3, -0.25) is 0 Å². The zero-order chi connectivity index (χ0) is 43.2. The molecule has 0 spiro atoms. The highest BCUT2D eigenvalue weighted by Crippen LogP contribution is 2.66. The predicted octanol–water partition coefficient (Wildman–Crippen LogP) is 13.0. The molecular formula is C59H62BN3. The van der Waals surface area contributed by atoms with Crippen molar-refractivity contribution in [3.8, 4) is 5.69 Å². The summed E-state index contributed by atoms with van der Waals surface area (Å²) in [5.41, 5.74) is 21.3. The van der Waals surface area contributed by atoms with Crippen LogP contribution in [0.4, 0.5) is 22.7 Å². The normalized spacial score (nSPS) is 26.5. The third kappa shape index (κ3) is 4.49. The Morgan fingerprint density at radius 3 is 1.97 bits per heavy atom. The summed E-state index contributed by atoms with van der Waals surface area (Å²) < 4.78 is 2.70. The molecule has 0 amide bonds. The lowest BCUT2D eigenvalue weighted by atomic mass is 9.33. The molecule has 63 heavy (non-hydrogen) atoms. The Bertz CT molecular complexity index is 3130. The predicted molar refractivity (Wildman–Crippen MR) is 268 cm³/mol. The topological polar surface area (TPSA) is 11.4 Å². The molecular weight excluding hydrogens is 761 g/mol. The summed E-state index contributed by atoms with van der Waals surface area (Å²) in [5, 5.41) is 2.71. The highest BCUT2D eigenvalue weighted by molar-refractivity contribution is 7.00. The Hall–Kier alpha value is -5.22. The first-order chi connectivity index (χ1) is 30.1. The van der Waals surface area contributed by atoms with Gasteiger partial charge in [0.1, 0.15) is 0 Å². The van der Waals surface area contributed by atoms with Crippen molar-refractivity contribution in [2.45, 2.75) is 146 Å². The van der Waals surface area contributed by atoms with Crippen molar-refractivity contribution in [1.82, 2.24) is 4.57 Å². The summed E-state index contributed by atoms with van der Waals surface area (Å²) >= 11 is 0. The fourth-order valence-electron chi connectivity index (χ4n) is 14.9. The van der Waals surface area contributed by atoms with Crippen LogP contribution in [-0.4, -0.2) is 22.4 Å². The first-order valence-corrected chi connectivity index (χ1v) is 24.3. The van der Waals surface area contributed by atoms with Gasteiger partial charge in [-0.15, -0.1) is 0 Å². The molecule has 4 atom stereocenters. The van der Waals surface area contributed by atoms with Gasteiger partial charge in [-0.25, -0.2) is 0 Å². The number of hydrogen-bond donors (Lipinski definition) is 0. The van der Waals surface area contributed by atoms with E-state index in [1.165, 1.54) is 122 Å². The van der Waals surface area contributed by atoms with Crippen LogP contribution in [-0.2, 0) is 21.7 Å². The van der Waals surface area contributed by atoms with Crippen LogP contribution in [0.25, 0.3) is 27.5 Å². The molecule has 4 aliphatic heterocycles. The van der Waals surface area contributed by atoms with E-state index < -0.39 is 0 Å². The van der Waals surface area contributed by atoms with Gasteiger partial charge in [0.05, 0.1) is 16.6 Å². The average Bonchev–Trinajstić information content (AvgIpc) is 3.81. The number of rotatable bonds is 2. The fourth-order valence-corrected chi connectivity index (χ4v) is 14.9. The van der Waals surface area contributed by atoms with Crippen LogP contribution >= 0.6 is 0 Å². The van der Waals surface area contributed by atoms with E-state index in [1.807, 2.05) is 0 Å². The van der Waals surface area contributed by atoms with Crippen molar-refractivity contribution in [3.05, 3.63) is 143 Å². The minimum Gasteiger partial charge on any atom is -0.335 e.